The fourth-order valence-electron chi connectivity index (χ4n) is 1.15. The molecule has 0 aliphatic heterocycles. The number of benzene rings is 1. The van der Waals surface area contributed by atoms with Gasteiger partial charge in [0.2, 0.25) is 0 Å². The van der Waals surface area contributed by atoms with E-state index >= 15 is 0 Å². The Kier molecular flexibility index (Phi) is 4.92. The average molecular weight is 312 g/mol. The Morgan fingerprint density at radius 1 is 1.26 bits per heavy atom. The molecule has 0 aliphatic rings. The summed E-state index contributed by atoms with van der Waals surface area (Å²) >= 11 is 3.94. The van der Waals surface area contributed by atoms with Crippen LogP contribution in [0.3, 0.4) is 0 Å². The van der Waals surface area contributed by atoms with Crippen LogP contribution in [-0.2, 0) is 17.5 Å². The first kappa shape index (κ1) is 16.3. The predicted molar refractivity (Wildman–Crippen MR) is 71.9 cm³/mol. The van der Waals surface area contributed by atoms with E-state index in [0.29, 0.717) is 0 Å². The molecule has 0 saturated heterocycles. The first-order valence-corrected chi connectivity index (χ1v) is 6.83. The number of nitrogens with zero attached hydrogens (tertiary/aromatic N) is 1. The SMILES string of the molecule is CC(C)(C)[S+]([O-])/N=C/c1ccc(Cl)cc1C(F)(F)F. The molecule has 1 unspecified atom stereocenters. The molecule has 1 aromatic rings. The molecule has 0 amide bonds. The summed E-state index contributed by atoms with van der Waals surface area (Å²) in [4.78, 5) is 0. The monoisotopic (exact) mass is 311 g/mol. The highest BCUT2D eigenvalue weighted by molar-refractivity contribution is 7.91. The van der Waals surface area contributed by atoms with Gasteiger partial charge in [0.15, 0.2) is 0 Å². The van der Waals surface area contributed by atoms with Crippen LogP contribution in [-0.4, -0.2) is 15.5 Å². The van der Waals surface area contributed by atoms with Crippen LogP contribution < -0.4 is 0 Å². The first-order chi connectivity index (χ1) is 8.51. The van der Waals surface area contributed by atoms with Crippen molar-refractivity contribution in [2.45, 2.75) is 31.7 Å². The molecule has 7 heteroatoms. The Bertz CT molecular complexity index is 483. The summed E-state index contributed by atoms with van der Waals surface area (Å²) in [6.07, 6.45) is -3.56. The maximum absolute atomic E-state index is 12.8. The molecular weight excluding hydrogens is 299 g/mol. The molecule has 1 rings (SSSR count). The molecule has 0 aromatic heterocycles. The molecule has 1 aromatic carbocycles. The molecule has 0 radical (unpaired) electrons. The first-order valence-electron chi connectivity index (χ1n) is 5.34. The quantitative estimate of drug-likeness (QED) is 0.594. The lowest BCUT2D eigenvalue weighted by atomic mass is 10.1. The van der Waals surface area contributed by atoms with Crippen molar-refractivity contribution in [1.82, 2.24) is 0 Å². The fraction of sp³-hybridized carbons (Fsp3) is 0.417. The Morgan fingerprint density at radius 2 is 1.84 bits per heavy atom. The van der Waals surface area contributed by atoms with Gasteiger partial charge in [-0.15, -0.1) is 0 Å². The van der Waals surface area contributed by atoms with Gasteiger partial charge in [-0.1, -0.05) is 22.1 Å². The summed E-state index contributed by atoms with van der Waals surface area (Å²) in [7, 11) is 0. The van der Waals surface area contributed by atoms with Crippen LogP contribution in [0.5, 0.6) is 0 Å². The average Bonchev–Trinajstić information content (AvgIpc) is 2.24. The Morgan fingerprint density at radius 3 is 2.32 bits per heavy atom. The van der Waals surface area contributed by atoms with Crippen molar-refractivity contribution in [2.75, 3.05) is 0 Å². The maximum atomic E-state index is 12.8. The lowest BCUT2D eigenvalue weighted by Gasteiger charge is -2.18. The Hall–Kier alpha value is -0.720. The van der Waals surface area contributed by atoms with Crippen LogP contribution in [0.2, 0.25) is 5.02 Å². The molecule has 0 aliphatic carbocycles. The van der Waals surface area contributed by atoms with Crippen LogP contribution in [0.4, 0.5) is 13.2 Å². The number of alkyl halides is 3. The van der Waals surface area contributed by atoms with Gasteiger partial charge < -0.3 is 4.55 Å². The maximum Gasteiger partial charge on any atom is 0.417 e. The van der Waals surface area contributed by atoms with Crippen LogP contribution in [0.1, 0.15) is 31.9 Å². The standard InChI is InChI=1S/C12H13ClF3NOS/c1-11(2,3)19(18)17-7-8-4-5-9(13)6-10(8)12(14,15)16/h4-7H,1-3H3/b17-7+. The summed E-state index contributed by atoms with van der Waals surface area (Å²) < 4.78 is 53.1. The lowest BCUT2D eigenvalue weighted by molar-refractivity contribution is -0.137. The van der Waals surface area contributed by atoms with Crippen LogP contribution in [0.25, 0.3) is 0 Å². The van der Waals surface area contributed by atoms with Gasteiger partial charge in [0.1, 0.15) is 16.1 Å². The molecule has 2 nitrogen and oxygen atoms in total. The minimum absolute atomic E-state index is 0.0126. The number of halogens is 4. The predicted octanol–water partition coefficient (Wildman–Crippen LogP) is 4.24. The second-order valence-corrected chi connectivity index (χ2v) is 7.20. The highest BCUT2D eigenvalue weighted by Gasteiger charge is 2.33. The fourth-order valence-corrected chi connectivity index (χ4v) is 1.85. The number of hydrogen-bond donors (Lipinski definition) is 0. The highest BCUT2D eigenvalue weighted by atomic mass is 35.5. The van der Waals surface area contributed by atoms with E-state index in [4.69, 9.17) is 11.6 Å². The van der Waals surface area contributed by atoms with Gasteiger partial charge in [-0.2, -0.15) is 13.2 Å². The molecule has 0 saturated carbocycles. The second kappa shape index (κ2) is 5.73. The number of rotatable bonds is 2. The molecule has 0 heterocycles. The smallest absolute Gasteiger partial charge is 0.417 e. The van der Waals surface area contributed by atoms with E-state index < -0.39 is 27.8 Å². The molecule has 0 N–H and O–H groups in total. The van der Waals surface area contributed by atoms with Gasteiger partial charge in [0.25, 0.3) is 0 Å². The molecule has 1 atom stereocenters. The van der Waals surface area contributed by atoms with E-state index in [2.05, 4.69) is 4.40 Å². The van der Waals surface area contributed by atoms with Gasteiger partial charge >= 0.3 is 6.18 Å². The summed E-state index contributed by atoms with van der Waals surface area (Å²) in [6.45, 7) is 5.06. The number of hydrogen-bond acceptors (Lipinski definition) is 2. The lowest BCUT2D eigenvalue weighted by Crippen LogP contribution is -2.26. The molecule has 0 bridgehead atoms. The van der Waals surface area contributed by atoms with Crippen molar-refractivity contribution in [2.24, 2.45) is 4.40 Å². The molecular formula is C12H13ClF3NOS. The van der Waals surface area contributed by atoms with Crippen molar-refractivity contribution in [3.8, 4) is 0 Å². The largest absolute Gasteiger partial charge is 0.591 e. The van der Waals surface area contributed by atoms with Gasteiger partial charge in [-0.3, -0.25) is 0 Å². The van der Waals surface area contributed by atoms with Gasteiger partial charge in [0, 0.05) is 10.6 Å². The zero-order valence-corrected chi connectivity index (χ0v) is 12.2. The van der Waals surface area contributed by atoms with Gasteiger partial charge in [-0.05, 0) is 32.9 Å². The molecule has 19 heavy (non-hydrogen) atoms. The minimum Gasteiger partial charge on any atom is -0.591 e. The highest BCUT2D eigenvalue weighted by Crippen LogP contribution is 2.33. The summed E-state index contributed by atoms with van der Waals surface area (Å²) in [5, 5.41) is -0.0126. The zero-order valence-electron chi connectivity index (χ0n) is 10.6. The van der Waals surface area contributed by atoms with E-state index in [9.17, 15) is 17.7 Å². The minimum atomic E-state index is -4.53. The van der Waals surface area contributed by atoms with Gasteiger partial charge in [-0.25, -0.2) is 0 Å². The summed E-state index contributed by atoms with van der Waals surface area (Å²) in [6, 6.07) is 3.36. The van der Waals surface area contributed by atoms with E-state index in [0.717, 1.165) is 12.3 Å². The Balaban J connectivity index is 3.12. The summed E-state index contributed by atoms with van der Waals surface area (Å²) in [5.74, 6) is 0. The van der Waals surface area contributed by atoms with E-state index in [1.54, 1.807) is 20.8 Å². The van der Waals surface area contributed by atoms with Crippen molar-refractivity contribution in [3.63, 3.8) is 0 Å². The van der Waals surface area contributed by atoms with E-state index in [1.165, 1.54) is 12.1 Å². The zero-order chi connectivity index (χ0) is 14.8. The third-order valence-corrected chi connectivity index (χ3v) is 3.71. The summed E-state index contributed by atoms with van der Waals surface area (Å²) in [5.41, 5.74) is -1.05. The van der Waals surface area contributed by atoms with Crippen molar-refractivity contribution < 1.29 is 17.7 Å². The Labute approximate surface area is 118 Å². The normalized spacial score (nSPS) is 14.9. The third-order valence-electron chi connectivity index (χ3n) is 2.13. The van der Waals surface area contributed by atoms with Crippen molar-refractivity contribution in [1.29, 1.82) is 0 Å². The second-order valence-electron chi connectivity index (χ2n) is 4.83. The van der Waals surface area contributed by atoms with E-state index in [1.807, 2.05) is 0 Å². The van der Waals surface area contributed by atoms with Gasteiger partial charge in [0.05, 0.1) is 11.8 Å². The topological polar surface area (TPSA) is 35.4 Å². The van der Waals surface area contributed by atoms with Crippen molar-refractivity contribution >= 4 is 29.2 Å². The van der Waals surface area contributed by atoms with Crippen molar-refractivity contribution in [3.05, 3.63) is 34.3 Å². The molecule has 0 spiro atoms. The van der Waals surface area contributed by atoms with Crippen LogP contribution >= 0.6 is 11.6 Å². The van der Waals surface area contributed by atoms with Crippen LogP contribution in [0, 0.1) is 0 Å². The van der Waals surface area contributed by atoms with Crippen LogP contribution in [0.15, 0.2) is 22.6 Å². The molecule has 0 fully saturated rings. The van der Waals surface area contributed by atoms with E-state index in [-0.39, 0.29) is 10.6 Å². The molecule has 106 valence electrons. The third kappa shape index (κ3) is 4.71.